The van der Waals surface area contributed by atoms with Crippen LogP contribution in [-0.2, 0) is 6.42 Å². The maximum Gasteiger partial charge on any atom is 0.0409 e. The van der Waals surface area contributed by atoms with Crippen LogP contribution in [0.4, 0.5) is 0 Å². The molecule has 3 atom stereocenters. The van der Waals surface area contributed by atoms with Gasteiger partial charge in [-0.05, 0) is 53.9 Å². The molecule has 3 rings (SSSR count). The first kappa shape index (κ1) is 13.5. The van der Waals surface area contributed by atoms with Crippen molar-refractivity contribution >= 4 is 11.6 Å². The first-order chi connectivity index (χ1) is 8.97. The molecule has 104 valence electrons. The lowest BCUT2D eigenvalue weighted by molar-refractivity contribution is 0.233. The Morgan fingerprint density at radius 2 is 2.05 bits per heavy atom. The van der Waals surface area contributed by atoms with Gasteiger partial charge < -0.3 is 5.32 Å². The van der Waals surface area contributed by atoms with E-state index in [1.807, 2.05) is 6.07 Å². The van der Waals surface area contributed by atoms with Crippen LogP contribution in [0, 0.1) is 11.3 Å². The molecule has 2 aliphatic rings. The molecule has 0 bridgehead atoms. The molecule has 0 radical (unpaired) electrons. The quantitative estimate of drug-likeness (QED) is 0.823. The van der Waals surface area contributed by atoms with Crippen LogP contribution in [0.1, 0.15) is 57.2 Å². The van der Waals surface area contributed by atoms with Crippen molar-refractivity contribution in [2.45, 2.75) is 58.5 Å². The first-order valence-corrected chi connectivity index (χ1v) is 7.89. The van der Waals surface area contributed by atoms with E-state index in [0.717, 1.165) is 17.4 Å². The molecule has 0 aliphatic heterocycles. The Bertz CT molecular complexity index is 480. The fourth-order valence-electron chi connectivity index (χ4n) is 3.93. The van der Waals surface area contributed by atoms with Crippen molar-refractivity contribution in [3.63, 3.8) is 0 Å². The van der Waals surface area contributed by atoms with Gasteiger partial charge in [0.25, 0.3) is 0 Å². The van der Waals surface area contributed by atoms with Crippen LogP contribution in [0.15, 0.2) is 18.2 Å². The molecule has 1 nitrogen and oxygen atoms in total. The summed E-state index contributed by atoms with van der Waals surface area (Å²) in [7, 11) is 0. The fraction of sp³-hybridized carbons (Fsp3) is 0.647. The minimum absolute atomic E-state index is 0.287. The lowest BCUT2D eigenvalue weighted by Gasteiger charge is -2.33. The van der Waals surface area contributed by atoms with E-state index in [1.165, 1.54) is 30.4 Å². The molecule has 1 aromatic rings. The Labute approximate surface area is 121 Å². The largest absolute Gasteiger partial charge is 0.306 e. The van der Waals surface area contributed by atoms with E-state index in [0.29, 0.717) is 12.1 Å². The van der Waals surface area contributed by atoms with Crippen LogP contribution in [-0.4, -0.2) is 6.04 Å². The normalized spacial score (nSPS) is 32.5. The Morgan fingerprint density at radius 3 is 2.74 bits per heavy atom. The topological polar surface area (TPSA) is 12.0 Å². The van der Waals surface area contributed by atoms with E-state index < -0.39 is 0 Å². The van der Waals surface area contributed by atoms with E-state index >= 15 is 0 Å². The number of rotatable bonds is 2. The summed E-state index contributed by atoms with van der Waals surface area (Å²) in [5, 5.41) is 4.81. The molecule has 0 saturated heterocycles. The number of halogens is 1. The van der Waals surface area contributed by atoms with Crippen LogP contribution in [0.25, 0.3) is 0 Å². The molecule has 1 fully saturated rings. The van der Waals surface area contributed by atoms with Crippen molar-refractivity contribution in [3.05, 3.63) is 34.3 Å². The van der Waals surface area contributed by atoms with E-state index in [4.69, 9.17) is 11.6 Å². The van der Waals surface area contributed by atoms with Gasteiger partial charge >= 0.3 is 0 Å². The maximum absolute atomic E-state index is 6.20. The van der Waals surface area contributed by atoms with Gasteiger partial charge in [0, 0.05) is 17.1 Å². The zero-order valence-electron chi connectivity index (χ0n) is 12.2. The Kier molecular flexibility index (Phi) is 3.39. The number of fused-ring (bicyclic) bond motifs is 1. The second-order valence-corrected chi connectivity index (χ2v) is 7.56. The summed E-state index contributed by atoms with van der Waals surface area (Å²) in [5.74, 6) is 0.805. The van der Waals surface area contributed by atoms with Gasteiger partial charge in [-0.3, -0.25) is 0 Å². The third-order valence-corrected chi connectivity index (χ3v) is 5.32. The van der Waals surface area contributed by atoms with E-state index in [-0.39, 0.29) is 5.41 Å². The van der Waals surface area contributed by atoms with E-state index in [2.05, 4.69) is 38.2 Å². The lowest BCUT2D eigenvalue weighted by atomic mass is 9.84. The second kappa shape index (κ2) is 4.79. The van der Waals surface area contributed by atoms with Gasteiger partial charge in [-0.15, -0.1) is 0 Å². The van der Waals surface area contributed by atoms with Gasteiger partial charge in [0.15, 0.2) is 0 Å². The number of benzene rings is 1. The van der Waals surface area contributed by atoms with Crippen LogP contribution < -0.4 is 5.32 Å². The maximum atomic E-state index is 6.20. The summed E-state index contributed by atoms with van der Waals surface area (Å²) in [5.41, 5.74) is 3.18. The Hall–Kier alpha value is -0.530. The van der Waals surface area contributed by atoms with Crippen LogP contribution in [0.3, 0.4) is 0 Å². The van der Waals surface area contributed by atoms with Gasteiger partial charge in [-0.25, -0.2) is 0 Å². The monoisotopic (exact) mass is 277 g/mol. The van der Waals surface area contributed by atoms with Crippen molar-refractivity contribution in [1.29, 1.82) is 0 Å². The second-order valence-electron chi connectivity index (χ2n) is 7.12. The zero-order valence-corrected chi connectivity index (χ0v) is 12.9. The molecule has 2 aliphatic carbocycles. The van der Waals surface area contributed by atoms with Gasteiger partial charge in [-0.2, -0.15) is 0 Å². The average Bonchev–Trinajstić information content (AvgIpc) is 2.83. The summed E-state index contributed by atoms with van der Waals surface area (Å²) < 4.78 is 0. The van der Waals surface area contributed by atoms with Crippen molar-refractivity contribution in [2.75, 3.05) is 0 Å². The van der Waals surface area contributed by atoms with Crippen molar-refractivity contribution in [1.82, 2.24) is 5.32 Å². The highest BCUT2D eigenvalue weighted by Crippen LogP contribution is 2.47. The molecule has 0 heterocycles. The molecule has 0 aromatic heterocycles. The van der Waals surface area contributed by atoms with E-state index in [1.54, 1.807) is 0 Å². The van der Waals surface area contributed by atoms with Crippen LogP contribution in [0.5, 0.6) is 0 Å². The molecule has 19 heavy (non-hydrogen) atoms. The Morgan fingerprint density at radius 1 is 1.26 bits per heavy atom. The van der Waals surface area contributed by atoms with Crippen molar-refractivity contribution in [3.8, 4) is 0 Å². The minimum atomic E-state index is 0.287. The molecular formula is C17H24ClN. The van der Waals surface area contributed by atoms with Crippen molar-refractivity contribution < 1.29 is 0 Å². The lowest BCUT2D eigenvalue weighted by Crippen LogP contribution is -2.39. The first-order valence-electron chi connectivity index (χ1n) is 7.52. The highest BCUT2D eigenvalue weighted by atomic mass is 35.5. The SMILES string of the molecule is CC1CCCC1NC1c2cc(Cl)ccc2CC1(C)C. The number of nitrogens with one attached hydrogen (secondary N) is 1. The summed E-state index contributed by atoms with van der Waals surface area (Å²) >= 11 is 6.20. The number of hydrogen-bond donors (Lipinski definition) is 1. The van der Waals surface area contributed by atoms with Gasteiger partial charge in [-0.1, -0.05) is 44.9 Å². The fourth-order valence-corrected chi connectivity index (χ4v) is 4.11. The third kappa shape index (κ3) is 2.43. The van der Waals surface area contributed by atoms with Crippen LogP contribution >= 0.6 is 11.6 Å². The summed E-state index contributed by atoms with van der Waals surface area (Å²) in [4.78, 5) is 0. The highest BCUT2D eigenvalue weighted by Gasteiger charge is 2.41. The molecule has 1 N–H and O–H groups in total. The van der Waals surface area contributed by atoms with Gasteiger partial charge in [0.2, 0.25) is 0 Å². The predicted molar refractivity (Wildman–Crippen MR) is 81.6 cm³/mol. The molecule has 1 aromatic carbocycles. The Balaban J connectivity index is 1.89. The molecular weight excluding hydrogens is 254 g/mol. The molecule has 3 unspecified atom stereocenters. The predicted octanol–water partition coefficient (Wildman–Crippen LogP) is 4.74. The standard InChI is InChI=1S/C17H24ClN/c1-11-5-4-6-15(11)19-16-14-9-13(18)8-7-12(14)10-17(16,2)3/h7-9,11,15-16,19H,4-6,10H2,1-3H3. The smallest absolute Gasteiger partial charge is 0.0409 e. The summed E-state index contributed by atoms with van der Waals surface area (Å²) in [6, 6.07) is 7.53. The highest BCUT2D eigenvalue weighted by molar-refractivity contribution is 6.30. The number of hydrogen-bond acceptors (Lipinski definition) is 1. The summed E-state index contributed by atoms with van der Waals surface area (Å²) in [6.45, 7) is 7.13. The molecule has 1 saturated carbocycles. The van der Waals surface area contributed by atoms with E-state index in [9.17, 15) is 0 Å². The molecule has 0 spiro atoms. The van der Waals surface area contributed by atoms with Gasteiger partial charge in [0.1, 0.15) is 0 Å². The molecule has 2 heteroatoms. The minimum Gasteiger partial charge on any atom is -0.306 e. The average molecular weight is 278 g/mol. The van der Waals surface area contributed by atoms with Crippen molar-refractivity contribution in [2.24, 2.45) is 11.3 Å². The van der Waals surface area contributed by atoms with Gasteiger partial charge in [0.05, 0.1) is 0 Å². The van der Waals surface area contributed by atoms with Crippen LogP contribution in [0.2, 0.25) is 5.02 Å². The molecule has 0 amide bonds. The third-order valence-electron chi connectivity index (χ3n) is 5.09. The zero-order chi connectivity index (χ0) is 13.6. The summed E-state index contributed by atoms with van der Waals surface area (Å²) in [6.07, 6.45) is 5.21.